The van der Waals surface area contributed by atoms with E-state index < -0.39 is 0 Å². The maximum Gasteiger partial charge on any atom is 0.0736 e. The number of hydrogen-bond donors (Lipinski definition) is 2. The zero-order valence-electron chi connectivity index (χ0n) is 7.83. The highest BCUT2D eigenvalue weighted by Crippen LogP contribution is 2.36. The van der Waals surface area contributed by atoms with Crippen molar-refractivity contribution in [1.29, 1.82) is 0 Å². The van der Waals surface area contributed by atoms with Crippen molar-refractivity contribution in [3.8, 4) is 0 Å². The lowest BCUT2D eigenvalue weighted by molar-refractivity contribution is 0.775. The van der Waals surface area contributed by atoms with Gasteiger partial charge in [0, 0.05) is 12.2 Å². The van der Waals surface area contributed by atoms with Crippen molar-refractivity contribution in [1.82, 2.24) is 4.98 Å². The third-order valence-corrected chi connectivity index (χ3v) is 2.64. The van der Waals surface area contributed by atoms with E-state index in [-0.39, 0.29) is 0 Å². The molecule has 3 nitrogen and oxygen atoms in total. The van der Waals surface area contributed by atoms with Crippen LogP contribution in [0.2, 0.25) is 0 Å². The van der Waals surface area contributed by atoms with Crippen LogP contribution >= 0.6 is 0 Å². The number of nitrogens with two attached hydrogens (primary N) is 1. The number of nitrogen functional groups attached to an aromatic ring is 1. The highest BCUT2D eigenvalue weighted by Gasteiger charge is 2.35. The molecule has 0 bridgehead atoms. The summed E-state index contributed by atoms with van der Waals surface area (Å²) in [6, 6.07) is 2.56. The number of hydrogen-bond acceptors (Lipinski definition) is 3. The molecule has 0 aliphatic heterocycles. The van der Waals surface area contributed by atoms with E-state index in [9.17, 15) is 0 Å². The van der Waals surface area contributed by atoms with Crippen LogP contribution in [-0.4, -0.2) is 11.0 Å². The van der Waals surface area contributed by atoms with Crippen molar-refractivity contribution in [3.63, 3.8) is 0 Å². The second-order valence-corrected chi connectivity index (χ2v) is 3.62. The van der Waals surface area contributed by atoms with Crippen LogP contribution in [0.25, 0.3) is 0 Å². The second-order valence-electron chi connectivity index (χ2n) is 3.62. The van der Waals surface area contributed by atoms with Gasteiger partial charge in [-0.05, 0) is 18.4 Å². The summed E-state index contributed by atoms with van der Waals surface area (Å²) >= 11 is 0. The molecular weight excluding hydrogens is 162 g/mol. The van der Waals surface area contributed by atoms with E-state index in [1.807, 2.05) is 6.07 Å². The van der Waals surface area contributed by atoms with Gasteiger partial charge in [-0.1, -0.05) is 13.3 Å². The molecule has 2 unspecified atom stereocenters. The first-order valence-electron chi connectivity index (χ1n) is 4.77. The van der Waals surface area contributed by atoms with Crippen molar-refractivity contribution >= 4 is 11.4 Å². The Bertz CT molecular complexity index is 298. The molecule has 0 aromatic carbocycles. The third-order valence-electron chi connectivity index (χ3n) is 2.64. The van der Waals surface area contributed by atoms with E-state index in [1.54, 1.807) is 12.4 Å². The lowest BCUT2D eigenvalue weighted by atomic mass is 10.3. The Morgan fingerprint density at radius 3 is 3.15 bits per heavy atom. The van der Waals surface area contributed by atoms with Gasteiger partial charge < -0.3 is 11.1 Å². The number of aromatic nitrogens is 1. The van der Waals surface area contributed by atoms with Gasteiger partial charge in [-0.2, -0.15) is 0 Å². The summed E-state index contributed by atoms with van der Waals surface area (Å²) < 4.78 is 0. The highest BCUT2D eigenvalue weighted by atomic mass is 15.0. The lowest BCUT2D eigenvalue weighted by Gasteiger charge is -2.07. The van der Waals surface area contributed by atoms with Gasteiger partial charge in [0.1, 0.15) is 0 Å². The monoisotopic (exact) mass is 177 g/mol. The molecule has 1 aliphatic carbocycles. The van der Waals surface area contributed by atoms with Crippen LogP contribution < -0.4 is 11.1 Å². The standard InChI is InChI=1S/C10H15N3/c1-2-7-5-10(7)13-9-3-4-12-6-8(9)11/h3-4,6-7,10H,2,5,11H2,1H3,(H,12,13). The number of nitrogens with zero attached hydrogens (tertiary/aromatic N) is 1. The highest BCUT2D eigenvalue weighted by molar-refractivity contribution is 5.65. The van der Waals surface area contributed by atoms with Crippen LogP contribution in [0.4, 0.5) is 11.4 Å². The third kappa shape index (κ3) is 1.74. The normalized spacial score (nSPS) is 25.6. The van der Waals surface area contributed by atoms with Crippen LogP contribution in [0.1, 0.15) is 19.8 Å². The van der Waals surface area contributed by atoms with Crippen LogP contribution in [0.5, 0.6) is 0 Å². The van der Waals surface area contributed by atoms with Crippen molar-refractivity contribution in [2.24, 2.45) is 5.92 Å². The first-order chi connectivity index (χ1) is 6.31. The summed E-state index contributed by atoms with van der Waals surface area (Å²) in [5.41, 5.74) is 7.52. The number of nitrogens with one attached hydrogen (secondary N) is 1. The fourth-order valence-corrected chi connectivity index (χ4v) is 1.61. The molecule has 70 valence electrons. The molecule has 3 heteroatoms. The Balaban J connectivity index is 1.99. The summed E-state index contributed by atoms with van der Waals surface area (Å²) in [7, 11) is 0. The van der Waals surface area contributed by atoms with Gasteiger partial charge in [-0.3, -0.25) is 4.98 Å². The van der Waals surface area contributed by atoms with Gasteiger partial charge in [0.15, 0.2) is 0 Å². The smallest absolute Gasteiger partial charge is 0.0736 e. The quantitative estimate of drug-likeness (QED) is 0.741. The van der Waals surface area contributed by atoms with Gasteiger partial charge in [0.25, 0.3) is 0 Å². The zero-order chi connectivity index (χ0) is 9.26. The van der Waals surface area contributed by atoms with Crippen molar-refractivity contribution < 1.29 is 0 Å². The molecule has 0 radical (unpaired) electrons. The molecule has 2 atom stereocenters. The Labute approximate surface area is 78.4 Å². The fraction of sp³-hybridized carbons (Fsp3) is 0.500. The maximum atomic E-state index is 5.76. The van der Waals surface area contributed by atoms with E-state index in [0.29, 0.717) is 6.04 Å². The van der Waals surface area contributed by atoms with Crippen molar-refractivity contribution in [3.05, 3.63) is 18.5 Å². The molecule has 13 heavy (non-hydrogen) atoms. The first kappa shape index (κ1) is 8.35. The van der Waals surface area contributed by atoms with Gasteiger partial charge in [-0.15, -0.1) is 0 Å². The van der Waals surface area contributed by atoms with E-state index in [4.69, 9.17) is 5.73 Å². The van der Waals surface area contributed by atoms with Crippen molar-refractivity contribution in [2.75, 3.05) is 11.1 Å². The molecule has 2 rings (SSSR count). The molecule has 1 aromatic rings. The summed E-state index contributed by atoms with van der Waals surface area (Å²) in [4.78, 5) is 3.95. The minimum absolute atomic E-state index is 0.634. The van der Waals surface area contributed by atoms with E-state index in [0.717, 1.165) is 17.3 Å². The average Bonchev–Trinajstić information content (AvgIpc) is 2.88. The molecule has 1 heterocycles. The Morgan fingerprint density at radius 2 is 2.54 bits per heavy atom. The van der Waals surface area contributed by atoms with E-state index in [1.165, 1.54) is 12.8 Å². The van der Waals surface area contributed by atoms with Gasteiger partial charge in [-0.25, -0.2) is 0 Å². The Morgan fingerprint density at radius 1 is 1.69 bits per heavy atom. The molecule has 1 aromatic heterocycles. The second kappa shape index (κ2) is 3.24. The summed E-state index contributed by atoms with van der Waals surface area (Å²) in [6.45, 7) is 2.22. The molecule has 3 N–H and O–H groups in total. The van der Waals surface area contributed by atoms with E-state index in [2.05, 4.69) is 17.2 Å². The Kier molecular flexibility index (Phi) is 2.08. The molecule has 0 saturated heterocycles. The Hall–Kier alpha value is -1.25. The largest absolute Gasteiger partial charge is 0.396 e. The minimum Gasteiger partial charge on any atom is -0.396 e. The summed E-state index contributed by atoms with van der Waals surface area (Å²) in [6.07, 6.45) is 5.98. The van der Waals surface area contributed by atoms with E-state index >= 15 is 0 Å². The number of rotatable bonds is 3. The van der Waals surface area contributed by atoms with Gasteiger partial charge in [0.2, 0.25) is 0 Å². The summed E-state index contributed by atoms with van der Waals surface area (Å²) in [5.74, 6) is 0.840. The maximum absolute atomic E-state index is 5.76. The molecule has 1 saturated carbocycles. The zero-order valence-corrected chi connectivity index (χ0v) is 7.83. The number of anilines is 2. The van der Waals surface area contributed by atoms with Crippen molar-refractivity contribution in [2.45, 2.75) is 25.8 Å². The van der Waals surface area contributed by atoms with Gasteiger partial charge >= 0.3 is 0 Å². The van der Waals surface area contributed by atoms with Gasteiger partial charge in [0.05, 0.1) is 17.6 Å². The topological polar surface area (TPSA) is 50.9 Å². The average molecular weight is 177 g/mol. The van der Waals surface area contributed by atoms with Crippen LogP contribution in [0.15, 0.2) is 18.5 Å². The fourth-order valence-electron chi connectivity index (χ4n) is 1.61. The van der Waals surface area contributed by atoms with Crippen LogP contribution in [0, 0.1) is 5.92 Å². The molecule has 0 amide bonds. The van der Waals surface area contributed by atoms with Crippen LogP contribution in [0.3, 0.4) is 0 Å². The molecular formula is C10H15N3. The first-order valence-corrected chi connectivity index (χ1v) is 4.77. The lowest BCUT2D eigenvalue weighted by Crippen LogP contribution is -2.06. The minimum atomic E-state index is 0.634. The molecule has 1 aliphatic rings. The predicted molar refractivity (Wildman–Crippen MR) is 54.5 cm³/mol. The van der Waals surface area contributed by atoms with Crippen LogP contribution in [-0.2, 0) is 0 Å². The molecule has 1 fully saturated rings. The predicted octanol–water partition coefficient (Wildman–Crippen LogP) is 1.87. The SMILES string of the molecule is CCC1CC1Nc1ccncc1N. The molecule has 0 spiro atoms. The summed E-state index contributed by atoms with van der Waals surface area (Å²) in [5, 5.41) is 3.42. The number of pyridine rings is 1.